The van der Waals surface area contributed by atoms with Gasteiger partial charge in [0.1, 0.15) is 17.0 Å². The van der Waals surface area contributed by atoms with Crippen molar-refractivity contribution in [2.45, 2.75) is 46.6 Å². The zero-order valence-electron chi connectivity index (χ0n) is 23.2. The third kappa shape index (κ3) is 5.14. The maximum Gasteiger partial charge on any atom is 0.336 e. The zero-order valence-corrected chi connectivity index (χ0v) is 23.2. The Morgan fingerprint density at radius 2 is 1.75 bits per heavy atom. The van der Waals surface area contributed by atoms with Crippen LogP contribution in [0.2, 0.25) is 0 Å². The van der Waals surface area contributed by atoms with Gasteiger partial charge in [-0.2, -0.15) is 0 Å². The van der Waals surface area contributed by atoms with E-state index in [0.29, 0.717) is 29.8 Å². The number of primary amides is 1. The Kier molecular flexibility index (Phi) is 7.94. The largest absolute Gasteiger partial charge is 0.376 e. The molecule has 4 aromatic rings. The molecule has 11 heteroatoms. The number of anilines is 3. The van der Waals surface area contributed by atoms with Crippen molar-refractivity contribution in [2.24, 2.45) is 12.8 Å². The second-order valence-corrected chi connectivity index (χ2v) is 9.56. The van der Waals surface area contributed by atoms with Crippen LogP contribution < -0.4 is 33.2 Å². The Bertz CT molecular complexity index is 1800. The molecule has 1 aliphatic carbocycles. The van der Waals surface area contributed by atoms with Crippen molar-refractivity contribution in [2.75, 3.05) is 17.2 Å². The summed E-state index contributed by atoms with van der Waals surface area (Å²) >= 11 is 0. The van der Waals surface area contributed by atoms with E-state index in [0.717, 1.165) is 0 Å². The van der Waals surface area contributed by atoms with Crippen molar-refractivity contribution >= 4 is 34.0 Å². The smallest absolute Gasteiger partial charge is 0.336 e. The van der Waals surface area contributed by atoms with Gasteiger partial charge >= 0.3 is 5.69 Å². The predicted molar refractivity (Wildman–Crippen MR) is 156 cm³/mol. The summed E-state index contributed by atoms with van der Waals surface area (Å²) in [4.78, 5) is 52.3. The maximum atomic E-state index is 14.8. The van der Waals surface area contributed by atoms with E-state index < -0.39 is 28.5 Å². The van der Waals surface area contributed by atoms with E-state index in [4.69, 9.17) is 5.73 Å². The minimum atomic E-state index is -0.583. The Labute approximate surface area is 229 Å². The molecule has 5 rings (SSSR count). The first kappa shape index (κ1) is 28.3. The third-order valence-corrected chi connectivity index (χ3v) is 6.70. The van der Waals surface area contributed by atoms with Crippen molar-refractivity contribution < 1.29 is 9.18 Å². The van der Waals surface area contributed by atoms with Crippen LogP contribution in [0.25, 0.3) is 16.6 Å². The first-order valence-electron chi connectivity index (χ1n) is 13.1. The fourth-order valence-electron chi connectivity index (χ4n) is 4.65. The quantitative estimate of drug-likeness (QED) is 0.323. The van der Waals surface area contributed by atoms with Gasteiger partial charge in [-0.3, -0.25) is 28.1 Å². The number of nitrogens with one attached hydrogen (secondary N) is 2. The highest BCUT2D eigenvalue weighted by molar-refractivity contribution is 5.93. The molecule has 1 amide bonds. The minimum absolute atomic E-state index is 0.0783. The van der Waals surface area contributed by atoms with Gasteiger partial charge in [0.2, 0.25) is 5.91 Å². The summed E-state index contributed by atoms with van der Waals surface area (Å²) in [5, 5.41) is 5.93. The topological polar surface area (TPSA) is 133 Å². The number of halogens is 1. The van der Waals surface area contributed by atoms with E-state index in [1.165, 1.54) is 32.9 Å². The molecule has 1 fully saturated rings. The molecule has 0 bridgehead atoms. The molecule has 1 aliphatic rings. The first-order valence-corrected chi connectivity index (χ1v) is 13.1. The SMILES string of the molecule is CC.Cc1ccc(Nc2c3c(=O)n(C4CC4)c(=O)n(-c4cccc(NCC(N)=O)c4)c3c(C)c(=O)n2C)c(F)c1. The summed E-state index contributed by atoms with van der Waals surface area (Å²) < 4.78 is 18.6. The standard InChI is InChI=1S/C27H27FN6O4.C2H6/c1-14-7-10-20(19(28)11-14)31-24-22-23(15(2)25(36)32(24)3)33(27(38)34(26(22)37)17-8-9-17)18-6-4-5-16(12-18)30-13-21(29)35;1-2/h4-7,10-12,17,30-31H,8-9,13H2,1-3H3,(H2,29,35);1-2H3. The van der Waals surface area contributed by atoms with Crippen LogP contribution in [0.5, 0.6) is 0 Å². The average Bonchev–Trinajstić information content (AvgIpc) is 3.76. The van der Waals surface area contributed by atoms with Crippen LogP contribution in [0.1, 0.15) is 43.9 Å². The van der Waals surface area contributed by atoms with Crippen LogP contribution in [-0.2, 0) is 11.8 Å². The molecule has 2 heterocycles. The van der Waals surface area contributed by atoms with E-state index in [-0.39, 0.29) is 40.6 Å². The van der Waals surface area contributed by atoms with Crippen LogP contribution >= 0.6 is 0 Å². The second-order valence-electron chi connectivity index (χ2n) is 9.56. The fourth-order valence-corrected chi connectivity index (χ4v) is 4.65. The van der Waals surface area contributed by atoms with Gasteiger partial charge in [0, 0.05) is 24.3 Å². The molecule has 1 saturated carbocycles. The van der Waals surface area contributed by atoms with Gasteiger partial charge in [0.15, 0.2) is 0 Å². The summed E-state index contributed by atoms with van der Waals surface area (Å²) in [6.07, 6.45) is 1.34. The van der Waals surface area contributed by atoms with Gasteiger partial charge in [0.05, 0.1) is 23.4 Å². The van der Waals surface area contributed by atoms with Gasteiger partial charge in [-0.25, -0.2) is 9.18 Å². The van der Waals surface area contributed by atoms with Crippen molar-refractivity contribution in [3.63, 3.8) is 0 Å². The number of carbonyl (C=O) groups excluding carboxylic acids is 1. The lowest BCUT2D eigenvalue weighted by Gasteiger charge is -2.21. The molecule has 0 saturated heterocycles. The lowest BCUT2D eigenvalue weighted by atomic mass is 10.1. The summed E-state index contributed by atoms with van der Waals surface area (Å²) in [5.74, 6) is -1.02. The van der Waals surface area contributed by atoms with Gasteiger partial charge in [0.25, 0.3) is 11.1 Å². The molecule has 10 nitrogen and oxygen atoms in total. The highest BCUT2D eigenvalue weighted by atomic mass is 19.1. The molecule has 0 unspecified atom stereocenters. The number of nitrogens with zero attached hydrogens (tertiary/aromatic N) is 3. The summed E-state index contributed by atoms with van der Waals surface area (Å²) in [7, 11) is 1.49. The number of hydrogen-bond acceptors (Lipinski definition) is 6. The molecule has 4 N–H and O–H groups in total. The number of pyridine rings is 1. The van der Waals surface area contributed by atoms with Crippen LogP contribution in [0, 0.1) is 19.7 Å². The fraction of sp³-hybridized carbons (Fsp3) is 0.310. The Morgan fingerprint density at radius 3 is 2.38 bits per heavy atom. The number of carbonyl (C=O) groups is 1. The predicted octanol–water partition coefficient (Wildman–Crippen LogP) is 3.61. The van der Waals surface area contributed by atoms with Gasteiger partial charge < -0.3 is 16.4 Å². The molecule has 0 radical (unpaired) electrons. The molecule has 0 aliphatic heterocycles. The van der Waals surface area contributed by atoms with E-state index >= 15 is 0 Å². The van der Waals surface area contributed by atoms with Crippen molar-refractivity contribution in [3.8, 4) is 5.69 Å². The molecule has 2 aromatic carbocycles. The Morgan fingerprint density at radius 1 is 1.05 bits per heavy atom. The Hall–Kier alpha value is -4.67. The molecule has 0 atom stereocenters. The monoisotopic (exact) mass is 548 g/mol. The minimum Gasteiger partial charge on any atom is -0.376 e. The maximum absolute atomic E-state index is 14.8. The normalized spacial score (nSPS) is 12.6. The molecule has 0 spiro atoms. The number of benzene rings is 2. The molecule has 210 valence electrons. The molecular formula is C29H33FN6O4. The second kappa shape index (κ2) is 11.2. The van der Waals surface area contributed by atoms with Gasteiger partial charge in [-0.05, 0) is 62.6 Å². The van der Waals surface area contributed by atoms with Crippen LogP contribution in [-0.4, -0.2) is 26.2 Å². The number of amides is 1. The van der Waals surface area contributed by atoms with Gasteiger partial charge in [-0.1, -0.05) is 26.0 Å². The van der Waals surface area contributed by atoms with Crippen molar-refractivity contribution in [3.05, 3.63) is 90.6 Å². The molecule has 2 aromatic heterocycles. The number of fused-ring (bicyclic) bond motifs is 1. The highest BCUT2D eigenvalue weighted by Crippen LogP contribution is 2.34. The first-order chi connectivity index (χ1) is 19.1. The summed E-state index contributed by atoms with van der Waals surface area (Å²) in [6.45, 7) is 7.19. The molecule has 40 heavy (non-hydrogen) atoms. The number of hydrogen-bond donors (Lipinski definition) is 3. The lowest BCUT2D eigenvalue weighted by molar-refractivity contribution is -0.116. The summed E-state index contributed by atoms with van der Waals surface area (Å²) in [5.41, 5.74) is 5.67. The number of aryl methyl sites for hydroxylation is 2. The van der Waals surface area contributed by atoms with E-state index in [1.807, 2.05) is 13.8 Å². The van der Waals surface area contributed by atoms with Crippen molar-refractivity contribution in [1.82, 2.24) is 13.7 Å². The van der Waals surface area contributed by atoms with Gasteiger partial charge in [-0.15, -0.1) is 0 Å². The average molecular weight is 549 g/mol. The van der Waals surface area contributed by atoms with Crippen molar-refractivity contribution in [1.29, 1.82) is 0 Å². The zero-order chi connectivity index (χ0) is 29.3. The summed E-state index contributed by atoms with van der Waals surface area (Å²) in [6, 6.07) is 11.0. The van der Waals surface area contributed by atoms with Crippen LogP contribution in [0.4, 0.5) is 21.6 Å². The Balaban J connectivity index is 0.00000181. The van der Waals surface area contributed by atoms with Crippen LogP contribution in [0.3, 0.4) is 0 Å². The highest BCUT2D eigenvalue weighted by Gasteiger charge is 2.31. The number of rotatable bonds is 7. The van der Waals surface area contributed by atoms with Crippen LogP contribution in [0.15, 0.2) is 56.8 Å². The van der Waals surface area contributed by atoms with E-state index in [2.05, 4.69) is 10.6 Å². The number of aromatic nitrogens is 3. The number of nitrogens with two attached hydrogens (primary N) is 1. The van der Waals surface area contributed by atoms with E-state index in [1.54, 1.807) is 44.2 Å². The third-order valence-electron chi connectivity index (χ3n) is 6.70. The van der Waals surface area contributed by atoms with E-state index in [9.17, 15) is 23.6 Å². The molecular weight excluding hydrogens is 515 g/mol. The lowest BCUT2D eigenvalue weighted by Crippen LogP contribution is -2.41.